The second-order valence-corrected chi connectivity index (χ2v) is 8.72. The van der Waals surface area contributed by atoms with Crippen molar-refractivity contribution in [1.82, 2.24) is 19.7 Å². The molecule has 5 rings (SSSR count). The summed E-state index contributed by atoms with van der Waals surface area (Å²) in [6.45, 7) is 0. The van der Waals surface area contributed by atoms with E-state index < -0.39 is 0 Å². The molecule has 0 aliphatic heterocycles. The normalized spacial score (nSPS) is 11.2. The minimum Gasteiger partial charge on any atom is -0.269 e. The van der Waals surface area contributed by atoms with Gasteiger partial charge in [-0.25, -0.2) is 4.98 Å². The molecule has 0 radical (unpaired) electrons. The van der Waals surface area contributed by atoms with Crippen molar-refractivity contribution in [3.63, 3.8) is 0 Å². The fraction of sp³-hybridized carbons (Fsp3) is 0. The zero-order valence-electron chi connectivity index (χ0n) is 13.4. The molecule has 0 saturated heterocycles. The maximum absolute atomic E-state index is 4.52. The monoisotopic (exact) mass is 392 g/mol. The number of hydrogen-bond donors (Lipinski definition) is 0. The van der Waals surface area contributed by atoms with Gasteiger partial charge in [-0.15, -0.1) is 32.9 Å². The molecule has 0 aliphatic carbocycles. The predicted octanol–water partition coefficient (Wildman–Crippen LogP) is 5.76. The van der Waals surface area contributed by atoms with E-state index in [1.165, 1.54) is 21.8 Å². The SMILES string of the molecule is c1ccc(-n2c(Sc3nccs3)nnc2-c2cc3ccccc3s2)cc1. The standard InChI is InChI=1S/C19H12N4S3/c1-2-7-14(8-3-1)23-17(16-12-13-6-4-5-9-15(13)25-16)21-22-18(23)26-19-20-10-11-24-19/h1-12H. The second kappa shape index (κ2) is 6.68. The average molecular weight is 393 g/mol. The molecule has 0 amide bonds. The average Bonchev–Trinajstić information content (AvgIpc) is 3.42. The van der Waals surface area contributed by atoms with Gasteiger partial charge in [-0.1, -0.05) is 36.4 Å². The Labute approximate surface area is 162 Å². The van der Waals surface area contributed by atoms with Gasteiger partial charge >= 0.3 is 0 Å². The molecule has 0 bridgehead atoms. The predicted molar refractivity (Wildman–Crippen MR) is 108 cm³/mol. The molecule has 0 unspecified atom stereocenters. The van der Waals surface area contributed by atoms with Crippen LogP contribution in [0.1, 0.15) is 0 Å². The lowest BCUT2D eigenvalue weighted by Crippen LogP contribution is -1.98. The second-order valence-electron chi connectivity index (χ2n) is 5.53. The number of aromatic nitrogens is 4. The molecule has 7 heteroatoms. The zero-order chi connectivity index (χ0) is 17.3. The lowest BCUT2D eigenvalue weighted by atomic mass is 10.2. The molecule has 26 heavy (non-hydrogen) atoms. The maximum atomic E-state index is 4.52. The largest absolute Gasteiger partial charge is 0.269 e. The Balaban J connectivity index is 1.68. The van der Waals surface area contributed by atoms with Crippen molar-refractivity contribution in [3.05, 3.63) is 72.2 Å². The topological polar surface area (TPSA) is 43.6 Å². The third-order valence-electron chi connectivity index (χ3n) is 3.88. The van der Waals surface area contributed by atoms with Gasteiger partial charge in [0, 0.05) is 22.0 Å². The first-order chi connectivity index (χ1) is 12.9. The van der Waals surface area contributed by atoms with Gasteiger partial charge in [-0.3, -0.25) is 4.57 Å². The maximum Gasteiger partial charge on any atom is 0.203 e. The van der Waals surface area contributed by atoms with Gasteiger partial charge in [0.25, 0.3) is 0 Å². The molecule has 3 aromatic heterocycles. The Morgan fingerprint density at radius 1 is 0.923 bits per heavy atom. The molecule has 4 nitrogen and oxygen atoms in total. The van der Waals surface area contributed by atoms with Crippen LogP contribution in [0.15, 0.2) is 81.7 Å². The third kappa shape index (κ3) is 2.84. The van der Waals surface area contributed by atoms with Crippen molar-refractivity contribution in [2.45, 2.75) is 9.50 Å². The van der Waals surface area contributed by atoms with Crippen molar-refractivity contribution in [3.8, 4) is 16.4 Å². The van der Waals surface area contributed by atoms with E-state index in [-0.39, 0.29) is 0 Å². The highest BCUT2D eigenvalue weighted by atomic mass is 32.2. The highest BCUT2D eigenvalue weighted by Crippen LogP contribution is 2.37. The zero-order valence-corrected chi connectivity index (χ0v) is 15.9. The van der Waals surface area contributed by atoms with Crippen LogP contribution in [0.25, 0.3) is 26.5 Å². The van der Waals surface area contributed by atoms with Gasteiger partial charge in [0.05, 0.1) is 4.88 Å². The Morgan fingerprint density at radius 3 is 2.58 bits per heavy atom. The van der Waals surface area contributed by atoms with E-state index in [0.717, 1.165) is 25.9 Å². The third-order valence-corrected chi connectivity index (χ3v) is 6.82. The number of rotatable bonds is 4. The summed E-state index contributed by atoms with van der Waals surface area (Å²) in [6.07, 6.45) is 1.81. The van der Waals surface area contributed by atoms with Crippen LogP contribution in [0.4, 0.5) is 0 Å². The molecule has 2 aromatic carbocycles. The summed E-state index contributed by atoms with van der Waals surface area (Å²) in [7, 11) is 0. The van der Waals surface area contributed by atoms with Crippen LogP contribution < -0.4 is 0 Å². The van der Waals surface area contributed by atoms with Crippen molar-refractivity contribution >= 4 is 44.5 Å². The smallest absolute Gasteiger partial charge is 0.203 e. The first kappa shape index (κ1) is 15.7. The van der Waals surface area contributed by atoms with Crippen LogP contribution in [0.5, 0.6) is 0 Å². The summed E-state index contributed by atoms with van der Waals surface area (Å²) in [5, 5.41) is 13.0. The molecule has 5 aromatic rings. The van der Waals surface area contributed by atoms with Crippen LogP contribution in [-0.2, 0) is 0 Å². The molecule has 0 saturated carbocycles. The molecule has 0 aliphatic rings. The number of fused-ring (bicyclic) bond motifs is 1. The Kier molecular flexibility index (Phi) is 4.05. The number of thiazole rings is 1. The molecule has 126 valence electrons. The molecule has 0 atom stereocenters. The van der Waals surface area contributed by atoms with Crippen molar-refractivity contribution in [1.29, 1.82) is 0 Å². The van der Waals surface area contributed by atoms with E-state index in [2.05, 4.69) is 62.2 Å². The van der Waals surface area contributed by atoms with Crippen LogP contribution in [0.3, 0.4) is 0 Å². The summed E-state index contributed by atoms with van der Waals surface area (Å²) >= 11 is 4.88. The van der Waals surface area contributed by atoms with Crippen molar-refractivity contribution < 1.29 is 0 Å². The minimum absolute atomic E-state index is 0.818. The molecule has 3 heterocycles. The fourth-order valence-corrected chi connectivity index (χ4v) is 5.35. The molecule has 0 spiro atoms. The van der Waals surface area contributed by atoms with Gasteiger partial charge in [0.15, 0.2) is 10.2 Å². The fourth-order valence-electron chi connectivity index (χ4n) is 2.74. The van der Waals surface area contributed by atoms with Gasteiger partial charge < -0.3 is 0 Å². The Bertz CT molecular complexity index is 1130. The summed E-state index contributed by atoms with van der Waals surface area (Å²) in [4.78, 5) is 5.47. The first-order valence-corrected chi connectivity index (χ1v) is 10.5. The van der Waals surface area contributed by atoms with E-state index in [0.29, 0.717) is 0 Å². The van der Waals surface area contributed by atoms with E-state index in [9.17, 15) is 0 Å². The number of hydrogen-bond acceptors (Lipinski definition) is 6. The molecule has 0 fully saturated rings. The molecular formula is C19H12N4S3. The van der Waals surface area contributed by atoms with E-state index in [1.807, 2.05) is 29.8 Å². The van der Waals surface area contributed by atoms with E-state index in [4.69, 9.17) is 0 Å². The summed E-state index contributed by atoms with van der Waals surface area (Å²) in [5.74, 6) is 0.858. The van der Waals surface area contributed by atoms with Gasteiger partial charge in [0.1, 0.15) is 0 Å². The number of benzene rings is 2. The first-order valence-electron chi connectivity index (χ1n) is 7.95. The summed E-state index contributed by atoms with van der Waals surface area (Å²) in [6, 6.07) is 20.8. The lowest BCUT2D eigenvalue weighted by Gasteiger charge is -2.08. The van der Waals surface area contributed by atoms with Crippen molar-refractivity contribution in [2.75, 3.05) is 0 Å². The van der Waals surface area contributed by atoms with Crippen LogP contribution in [-0.4, -0.2) is 19.7 Å². The van der Waals surface area contributed by atoms with E-state index >= 15 is 0 Å². The van der Waals surface area contributed by atoms with Gasteiger partial charge in [0.2, 0.25) is 5.16 Å². The number of nitrogens with zero attached hydrogens (tertiary/aromatic N) is 4. The van der Waals surface area contributed by atoms with E-state index in [1.54, 1.807) is 22.7 Å². The Morgan fingerprint density at radius 2 is 1.77 bits per heavy atom. The highest BCUT2D eigenvalue weighted by molar-refractivity contribution is 8.00. The van der Waals surface area contributed by atoms with Crippen LogP contribution >= 0.6 is 34.4 Å². The van der Waals surface area contributed by atoms with Crippen LogP contribution in [0, 0.1) is 0 Å². The quantitative estimate of drug-likeness (QED) is 0.390. The number of para-hydroxylation sites is 1. The minimum atomic E-state index is 0.818. The number of thiophene rings is 1. The van der Waals surface area contributed by atoms with Gasteiger partial charge in [-0.2, -0.15) is 0 Å². The van der Waals surface area contributed by atoms with Gasteiger partial charge in [-0.05, 0) is 41.4 Å². The highest BCUT2D eigenvalue weighted by Gasteiger charge is 2.19. The molecular weight excluding hydrogens is 380 g/mol. The Hall–Kier alpha value is -2.48. The summed E-state index contributed by atoms with van der Waals surface area (Å²) in [5.41, 5.74) is 1.05. The van der Waals surface area contributed by atoms with Crippen molar-refractivity contribution in [2.24, 2.45) is 0 Å². The summed E-state index contributed by atoms with van der Waals surface area (Å²) < 4.78 is 4.31. The van der Waals surface area contributed by atoms with Crippen LogP contribution in [0.2, 0.25) is 0 Å². The molecule has 0 N–H and O–H groups in total. The lowest BCUT2D eigenvalue weighted by molar-refractivity contribution is 0.886.